The number of hydrogen-bond acceptors (Lipinski definition) is 7. The van der Waals surface area contributed by atoms with Crippen molar-refractivity contribution in [2.24, 2.45) is 0 Å². The Morgan fingerprint density at radius 1 is 1.03 bits per heavy atom. The lowest BCUT2D eigenvalue weighted by atomic mass is 10.1. The van der Waals surface area contributed by atoms with E-state index in [1.54, 1.807) is 42.1 Å². The molecule has 0 saturated carbocycles. The van der Waals surface area contributed by atoms with E-state index in [1.165, 1.54) is 25.3 Å². The van der Waals surface area contributed by atoms with Gasteiger partial charge in [-0.3, -0.25) is 4.79 Å². The van der Waals surface area contributed by atoms with E-state index in [4.69, 9.17) is 14.7 Å². The maximum atomic E-state index is 12.5. The van der Waals surface area contributed by atoms with Gasteiger partial charge < -0.3 is 20.0 Å². The van der Waals surface area contributed by atoms with Gasteiger partial charge in [0, 0.05) is 28.9 Å². The van der Waals surface area contributed by atoms with Crippen molar-refractivity contribution >= 4 is 17.3 Å². The average molecular weight is 447 g/mol. The van der Waals surface area contributed by atoms with Crippen LogP contribution in [-0.4, -0.2) is 40.1 Å². The summed E-state index contributed by atoms with van der Waals surface area (Å²) in [5.41, 5.74) is 2.33. The number of carbonyl (C=O) groups excluding carboxylic acids is 1. The van der Waals surface area contributed by atoms with Gasteiger partial charge in [-0.2, -0.15) is 10.2 Å². The number of amides is 1. The first-order valence-corrected chi connectivity index (χ1v) is 9.89. The second kappa shape index (κ2) is 9.49. The van der Waals surface area contributed by atoms with E-state index in [0.717, 1.165) is 5.56 Å². The summed E-state index contributed by atoms with van der Waals surface area (Å²) in [7, 11) is 3.09. The van der Waals surface area contributed by atoms with E-state index >= 15 is 0 Å². The predicted octanol–water partition coefficient (Wildman–Crippen LogP) is 2.61. The maximum absolute atomic E-state index is 12.5. The average Bonchev–Trinajstić information content (AvgIpc) is 3.29. The smallest absolute Gasteiger partial charge is 0.336 e. The van der Waals surface area contributed by atoms with Gasteiger partial charge in [-0.25, -0.2) is 9.89 Å². The molecule has 168 valence electrons. The third kappa shape index (κ3) is 4.83. The van der Waals surface area contributed by atoms with Crippen molar-refractivity contribution in [2.75, 3.05) is 19.5 Å². The Labute approximate surface area is 189 Å². The molecule has 0 aliphatic carbocycles. The minimum atomic E-state index is -1.09. The van der Waals surface area contributed by atoms with Gasteiger partial charge in [-0.05, 0) is 42.5 Å². The molecule has 0 aliphatic rings. The molecule has 0 radical (unpaired) electrons. The number of methoxy groups -OCH3 is 2. The number of nitrogens with zero attached hydrogens (tertiary/aromatic N) is 3. The van der Waals surface area contributed by atoms with E-state index in [2.05, 4.69) is 15.4 Å². The lowest BCUT2D eigenvalue weighted by Gasteiger charge is -2.12. The lowest BCUT2D eigenvalue weighted by molar-refractivity contribution is -0.991. The number of anilines is 1. The first-order valence-electron chi connectivity index (χ1n) is 9.89. The maximum Gasteiger partial charge on any atom is 0.336 e. The predicted molar refractivity (Wildman–Crippen MR) is 120 cm³/mol. The minimum absolute atomic E-state index is 0.0446. The van der Waals surface area contributed by atoms with Crippen LogP contribution in [0.1, 0.15) is 10.4 Å². The quantitative estimate of drug-likeness (QED) is 0.372. The van der Waals surface area contributed by atoms with Crippen LogP contribution in [0.2, 0.25) is 0 Å². The number of rotatable bonds is 7. The molecule has 4 aromatic rings. The third-order valence-electron chi connectivity index (χ3n) is 4.84. The molecule has 0 bridgehead atoms. The Morgan fingerprint density at radius 3 is 2.48 bits per heavy atom. The number of carbonyl (C=O) groups is 1. The largest absolute Gasteiger partial charge is 0.595 e. The summed E-state index contributed by atoms with van der Waals surface area (Å²) in [5, 5.41) is 26.3. The molecule has 1 amide bonds. The fraction of sp³-hybridized carbons (Fsp3) is 0.0870. The normalized spacial score (nSPS) is 11.6. The molecular formula is C23H21N5O5. The van der Waals surface area contributed by atoms with Gasteiger partial charge in [0.05, 0.1) is 19.9 Å². The molecule has 0 saturated heterocycles. The van der Waals surface area contributed by atoms with Gasteiger partial charge in [0.1, 0.15) is 5.75 Å². The van der Waals surface area contributed by atoms with Gasteiger partial charge in [-0.1, -0.05) is 18.2 Å². The SMILES string of the molecule is COc1cccc(-c2nc(OC)nn2-c2ccc(NC(=O)c3cccc([NH+]([O-])O)c3)cc2)c1. The van der Waals surface area contributed by atoms with Crippen LogP contribution in [-0.2, 0) is 0 Å². The van der Waals surface area contributed by atoms with Crippen molar-refractivity contribution in [1.82, 2.24) is 14.8 Å². The van der Waals surface area contributed by atoms with Crippen LogP contribution >= 0.6 is 0 Å². The Balaban J connectivity index is 1.59. The first-order chi connectivity index (χ1) is 16.0. The highest BCUT2D eigenvalue weighted by Gasteiger charge is 2.15. The topological polar surface area (TPSA) is 126 Å². The van der Waals surface area contributed by atoms with Crippen molar-refractivity contribution in [3.05, 3.63) is 83.6 Å². The molecule has 3 aromatic carbocycles. The molecule has 3 N–H and O–H groups in total. The summed E-state index contributed by atoms with van der Waals surface area (Å²) in [4.78, 5) is 17.0. The van der Waals surface area contributed by atoms with Crippen molar-refractivity contribution in [2.45, 2.75) is 0 Å². The molecule has 1 atom stereocenters. The monoisotopic (exact) mass is 447 g/mol. The van der Waals surface area contributed by atoms with Crippen molar-refractivity contribution in [1.29, 1.82) is 0 Å². The van der Waals surface area contributed by atoms with E-state index in [1.807, 2.05) is 24.3 Å². The Hall–Kier alpha value is -4.25. The highest BCUT2D eigenvalue weighted by Crippen LogP contribution is 2.27. The van der Waals surface area contributed by atoms with Crippen LogP contribution in [0.3, 0.4) is 0 Å². The first kappa shape index (κ1) is 22.0. The number of quaternary nitrogens is 1. The molecular weight excluding hydrogens is 426 g/mol. The minimum Gasteiger partial charge on any atom is -0.595 e. The zero-order chi connectivity index (χ0) is 23.4. The van der Waals surface area contributed by atoms with Crippen LogP contribution in [0.5, 0.6) is 11.8 Å². The number of hydrogen-bond donors (Lipinski definition) is 3. The Bertz CT molecular complexity index is 1270. The Morgan fingerprint density at radius 2 is 1.79 bits per heavy atom. The molecule has 10 nitrogen and oxygen atoms in total. The molecule has 0 fully saturated rings. The van der Waals surface area contributed by atoms with Gasteiger partial charge >= 0.3 is 6.01 Å². The summed E-state index contributed by atoms with van der Waals surface area (Å²) in [5.74, 6) is 0.837. The summed E-state index contributed by atoms with van der Waals surface area (Å²) < 4.78 is 12.2. The molecule has 1 unspecified atom stereocenters. The Kier molecular flexibility index (Phi) is 6.31. The summed E-state index contributed by atoms with van der Waals surface area (Å²) in [6.07, 6.45) is 0. The second-order valence-electron chi connectivity index (χ2n) is 6.95. The fourth-order valence-corrected chi connectivity index (χ4v) is 3.19. The standard InChI is InChI=1S/C23H21N5O5/c1-32-20-8-4-5-15(14-20)21-25-23(33-2)26-27(21)18-11-9-17(10-12-18)24-22(29)16-6-3-7-19(13-16)28(30)31/h3-14,28,30H,1-2H3,(H,24,29). The van der Waals surface area contributed by atoms with Crippen LogP contribution < -0.4 is 20.0 Å². The number of ether oxygens (including phenoxy) is 2. The van der Waals surface area contributed by atoms with Gasteiger partial charge in [0.25, 0.3) is 5.91 Å². The van der Waals surface area contributed by atoms with E-state index in [-0.39, 0.29) is 17.3 Å². The van der Waals surface area contributed by atoms with Crippen molar-refractivity contribution in [3.8, 4) is 28.8 Å². The van der Waals surface area contributed by atoms with Crippen LogP contribution in [0.4, 0.5) is 11.4 Å². The van der Waals surface area contributed by atoms with Crippen LogP contribution in [0.25, 0.3) is 17.1 Å². The zero-order valence-electron chi connectivity index (χ0n) is 17.9. The van der Waals surface area contributed by atoms with Gasteiger partial charge in [-0.15, -0.1) is 5.10 Å². The number of benzene rings is 3. The summed E-state index contributed by atoms with van der Waals surface area (Å²) in [6, 6.07) is 20.5. The van der Waals surface area contributed by atoms with Crippen LogP contribution in [0.15, 0.2) is 72.8 Å². The zero-order valence-corrected chi connectivity index (χ0v) is 17.9. The molecule has 0 aliphatic heterocycles. The molecule has 33 heavy (non-hydrogen) atoms. The number of nitrogens with one attached hydrogen (secondary N) is 2. The highest BCUT2D eigenvalue weighted by atomic mass is 16.8. The third-order valence-corrected chi connectivity index (χ3v) is 4.84. The summed E-state index contributed by atoms with van der Waals surface area (Å²) in [6.45, 7) is 0. The second-order valence-corrected chi connectivity index (χ2v) is 6.95. The lowest BCUT2D eigenvalue weighted by Crippen LogP contribution is -2.99. The summed E-state index contributed by atoms with van der Waals surface area (Å²) >= 11 is 0. The molecule has 1 aromatic heterocycles. The highest BCUT2D eigenvalue weighted by molar-refractivity contribution is 6.04. The fourth-order valence-electron chi connectivity index (χ4n) is 3.19. The number of aromatic nitrogens is 3. The van der Waals surface area contributed by atoms with E-state index in [9.17, 15) is 10.0 Å². The molecule has 10 heteroatoms. The van der Waals surface area contributed by atoms with E-state index in [0.29, 0.717) is 22.9 Å². The molecule has 0 spiro atoms. The molecule has 4 rings (SSSR count). The van der Waals surface area contributed by atoms with E-state index < -0.39 is 11.1 Å². The molecule has 1 heterocycles. The van der Waals surface area contributed by atoms with Crippen molar-refractivity contribution < 1.29 is 24.7 Å². The van der Waals surface area contributed by atoms with Gasteiger partial charge in [0.15, 0.2) is 11.5 Å². The van der Waals surface area contributed by atoms with Crippen molar-refractivity contribution in [3.63, 3.8) is 0 Å². The van der Waals surface area contributed by atoms with Gasteiger partial charge in [0.2, 0.25) is 0 Å². The van der Waals surface area contributed by atoms with Crippen LogP contribution in [0, 0.1) is 5.21 Å².